The summed E-state index contributed by atoms with van der Waals surface area (Å²) in [7, 11) is 0. The van der Waals surface area contributed by atoms with Gasteiger partial charge in [-0.15, -0.1) is 0 Å². The number of para-hydroxylation sites is 1. The van der Waals surface area contributed by atoms with Crippen LogP contribution in [-0.4, -0.2) is 26.8 Å². The lowest BCUT2D eigenvalue weighted by molar-refractivity contribution is -0.142. The molecular formula is C22H17F3N4O. The third-order valence-electron chi connectivity index (χ3n) is 4.62. The van der Waals surface area contributed by atoms with Crippen molar-refractivity contribution in [1.82, 2.24) is 14.8 Å². The van der Waals surface area contributed by atoms with Gasteiger partial charge in [0, 0.05) is 28.9 Å². The van der Waals surface area contributed by atoms with Gasteiger partial charge in [0.15, 0.2) is 0 Å². The Kier molecular flexibility index (Phi) is 4.99. The number of carbonyl (C=O) groups excluding carboxylic acids is 1. The van der Waals surface area contributed by atoms with Crippen molar-refractivity contribution in [2.75, 3.05) is 5.32 Å². The van der Waals surface area contributed by atoms with Gasteiger partial charge in [0.25, 0.3) is 5.91 Å². The topological polar surface area (TPSA) is 59.8 Å². The SMILES string of the molecule is Cc1ccc(C(=O)Nc2cccc3c(-c4cnn(CC(F)(F)F)c4)ccnc23)cc1. The smallest absolute Gasteiger partial charge is 0.320 e. The fraction of sp³-hybridized carbons (Fsp3) is 0.136. The summed E-state index contributed by atoms with van der Waals surface area (Å²) in [5.41, 5.74) is 3.84. The van der Waals surface area contributed by atoms with Crippen LogP contribution in [0.15, 0.2) is 67.1 Å². The molecule has 0 fully saturated rings. The molecule has 0 aliphatic heterocycles. The zero-order chi connectivity index (χ0) is 21.3. The summed E-state index contributed by atoms with van der Waals surface area (Å²) in [6.07, 6.45) is -0.0603. The number of nitrogens with one attached hydrogen (secondary N) is 1. The molecule has 0 unspecified atom stereocenters. The summed E-state index contributed by atoms with van der Waals surface area (Å²) in [4.78, 5) is 17.0. The number of alkyl halides is 3. The molecule has 4 rings (SSSR count). The number of anilines is 1. The normalized spacial score (nSPS) is 11.6. The number of aromatic nitrogens is 3. The van der Waals surface area contributed by atoms with E-state index in [1.165, 1.54) is 12.4 Å². The number of pyridine rings is 1. The quantitative estimate of drug-likeness (QED) is 0.502. The molecule has 2 aromatic carbocycles. The van der Waals surface area contributed by atoms with E-state index in [2.05, 4.69) is 15.4 Å². The summed E-state index contributed by atoms with van der Waals surface area (Å²) < 4.78 is 38.7. The van der Waals surface area contributed by atoms with Crippen LogP contribution in [0, 0.1) is 6.92 Å². The van der Waals surface area contributed by atoms with E-state index in [1.54, 1.807) is 42.6 Å². The van der Waals surface area contributed by atoms with E-state index in [9.17, 15) is 18.0 Å². The molecule has 8 heteroatoms. The van der Waals surface area contributed by atoms with Crippen LogP contribution < -0.4 is 5.32 Å². The Hall–Kier alpha value is -3.68. The molecule has 30 heavy (non-hydrogen) atoms. The predicted molar refractivity (Wildman–Crippen MR) is 108 cm³/mol. The van der Waals surface area contributed by atoms with Gasteiger partial charge in [0.05, 0.1) is 17.4 Å². The second-order valence-corrected chi connectivity index (χ2v) is 6.92. The van der Waals surface area contributed by atoms with Crippen LogP contribution in [0.4, 0.5) is 18.9 Å². The highest BCUT2D eigenvalue weighted by molar-refractivity contribution is 6.10. The number of benzene rings is 2. The number of hydrogen-bond donors (Lipinski definition) is 1. The van der Waals surface area contributed by atoms with Crippen molar-refractivity contribution >= 4 is 22.5 Å². The van der Waals surface area contributed by atoms with Gasteiger partial charge in [0.1, 0.15) is 6.54 Å². The highest BCUT2D eigenvalue weighted by Crippen LogP contribution is 2.31. The molecule has 0 radical (unpaired) electrons. The second-order valence-electron chi connectivity index (χ2n) is 6.92. The van der Waals surface area contributed by atoms with Gasteiger partial charge in [-0.2, -0.15) is 18.3 Å². The summed E-state index contributed by atoms with van der Waals surface area (Å²) in [6, 6.07) is 14.2. The maximum atomic E-state index is 12.6. The highest BCUT2D eigenvalue weighted by Gasteiger charge is 2.28. The lowest BCUT2D eigenvalue weighted by Gasteiger charge is -2.10. The first kappa shape index (κ1) is 19.6. The molecular weight excluding hydrogens is 393 g/mol. The number of carbonyl (C=O) groups is 1. The van der Waals surface area contributed by atoms with Gasteiger partial charge in [-0.25, -0.2) is 0 Å². The van der Waals surface area contributed by atoms with Gasteiger partial charge in [-0.3, -0.25) is 14.5 Å². The molecule has 152 valence electrons. The zero-order valence-corrected chi connectivity index (χ0v) is 15.9. The van der Waals surface area contributed by atoms with Crippen molar-refractivity contribution in [2.45, 2.75) is 19.6 Å². The first-order chi connectivity index (χ1) is 14.3. The molecule has 1 N–H and O–H groups in total. The summed E-state index contributed by atoms with van der Waals surface area (Å²) >= 11 is 0. The van der Waals surface area contributed by atoms with E-state index in [-0.39, 0.29) is 5.91 Å². The van der Waals surface area contributed by atoms with E-state index in [4.69, 9.17) is 0 Å². The molecule has 1 amide bonds. The minimum absolute atomic E-state index is 0.271. The minimum atomic E-state index is -4.35. The molecule has 2 heterocycles. The van der Waals surface area contributed by atoms with E-state index in [0.717, 1.165) is 10.2 Å². The minimum Gasteiger partial charge on any atom is -0.320 e. The molecule has 0 saturated carbocycles. The number of amides is 1. The maximum Gasteiger partial charge on any atom is 0.408 e. The number of rotatable bonds is 4. The first-order valence-electron chi connectivity index (χ1n) is 9.15. The van der Waals surface area contributed by atoms with Crippen molar-refractivity contribution in [3.05, 3.63) is 78.2 Å². The van der Waals surface area contributed by atoms with Crippen molar-refractivity contribution in [3.63, 3.8) is 0 Å². The average Bonchev–Trinajstić information content (AvgIpc) is 3.14. The number of fused-ring (bicyclic) bond motifs is 1. The Morgan fingerprint density at radius 1 is 1.10 bits per heavy atom. The molecule has 0 saturated heterocycles. The summed E-state index contributed by atoms with van der Waals surface area (Å²) in [6.45, 7) is 0.780. The molecule has 2 aromatic heterocycles. The Morgan fingerprint density at radius 2 is 1.87 bits per heavy atom. The third-order valence-corrected chi connectivity index (χ3v) is 4.62. The Morgan fingerprint density at radius 3 is 2.60 bits per heavy atom. The number of aryl methyl sites for hydroxylation is 1. The van der Waals surface area contributed by atoms with Crippen molar-refractivity contribution < 1.29 is 18.0 Å². The van der Waals surface area contributed by atoms with E-state index in [0.29, 0.717) is 33.3 Å². The first-order valence-corrected chi connectivity index (χ1v) is 9.15. The van der Waals surface area contributed by atoms with Crippen molar-refractivity contribution in [2.24, 2.45) is 0 Å². The van der Waals surface area contributed by atoms with Crippen LogP contribution in [0.2, 0.25) is 0 Å². The number of nitrogens with zero attached hydrogens (tertiary/aromatic N) is 3. The predicted octanol–water partition coefficient (Wildman–Crippen LogP) is 5.22. The largest absolute Gasteiger partial charge is 0.408 e. The second kappa shape index (κ2) is 7.62. The van der Waals surface area contributed by atoms with E-state index in [1.807, 2.05) is 19.1 Å². The van der Waals surface area contributed by atoms with Crippen LogP contribution in [0.1, 0.15) is 15.9 Å². The molecule has 0 aliphatic carbocycles. The van der Waals surface area contributed by atoms with Crippen molar-refractivity contribution in [3.8, 4) is 11.1 Å². The lowest BCUT2D eigenvalue weighted by atomic mass is 10.0. The summed E-state index contributed by atoms with van der Waals surface area (Å²) in [5.74, 6) is -0.271. The molecule has 0 bridgehead atoms. The van der Waals surface area contributed by atoms with Crippen LogP contribution in [-0.2, 0) is 6.54 Å². The van der Waals surface area contributed by atoms with Gasteiger partial charge in [-0.05, 0) is 36.8 Å². The average molecular weight is 410 g/mol. The van der Waals surface area contributed by atoms with Crippen molar-refractivity contribution in [1.29, 1.82) is 0 Å². The Balaban J connectivity index is 1.68. The van der Waals surface area contributed by atoms with Crippen LogP contribution >= 0.6 is 0 Å². The molecule has 4 aromatic rings. The fourth-order valence-electron chi connectivity index (χ4n) is 3.20. The van der Waals surface area contributed by atoms with Gasteiger partial charge >= 0.3 is 6.18 Å². The van der Waals surface area contributed by atoms with Gasteiger partial charge in [0.2, 0.25) is 0 Å². The fourth-order valence-corrected chi connectivity index (χ4v) is 3.20. The molecule has 0 spiro atoms. The molecule has 0 atom stereocenters. The number of halogens is 3. The molecule has 0 aliphatic rings. The molecule has 5 nitrogen and oxygen atoms in total. The van der Waals surface area contributed by atoms with Gasteiger partial charge in [-0.1, -0.05) is 29.8 Å². The summed E-state index contributed by atoms with van der Waals surface area (Å²) in [5, 5.41) is 7.37. The highest BCUT2D eigenvalue weighted by atomic mass is 19.4. The zero-order valence-electron chi connectivity index (χ0n) is 15.9. The van der Waals surface area contributed by atoms with Crippen LogP contribution in [0.3, 0.4) is 0 Å². The standard InChI is InChI=1S/C22H17F3N4O/c1-14-5-7-15(8-6-14)21(30)28-19-4-2-3-18-17(9-10-26-20(18)19)16-11-27-29(12-16)13-22(23,24)25/h2-12H,13H2,1H3,(H,28,30). The maximum absolute atomic E-state index is 12.6. The van der Waals surface area contributed by atoms with E-state index < -0.39 is 12.7 Å². The Bertz CT molecular complexity index is 1210. The Labute approximate surface area is 170 Å². The third kappa shape index (κ3) is 4.17. The van der Waals surface area contributed by atoms with E-state index >= 15 is 0 Å². The monoisotopic (exact) mass is 410 g/mol. The van der Waals surface area contributed by atoms with Crippen LogP contribution in [0.25, 0.3) is 22.0 Å². The van der Waals surface area contributed by atoms with Gasteiger partial charge < -0.3 is 5.32 Å². The lowest BCUT2D eigenvalue weighted by Crippen LogP contribution is -2.17. The number of hydrogen-bond acceptors (Lipinski definition) is 3. The van der Waals surface area contributed by atoms with Crippen LogP contribution in [0.5, 0.6) is 0 Å².